The minimum Gasteiger partial charge on any atom is -0.492 e. The van der Waals surface area contributed by atoms with Crippen molar-refractivity contribution in [1.82, 2.24) is 25.1 Å². The zero-order valence-corrected chi connectivity index (χ0v) is 5.71. The molecule has 0 spiro atoms. The van der Waals surface area contributed by atoms with E-state index in [1.165, 1.54) is 0 Å². The highest BCUT2D eigenvalue weighted by molar-refractivity contribution is 5.74. The number of aromatic nitrogens is 5. The largest absolute Gasteiger partial charge is 0.492 e. The Labute approximate surface area is 65.8 Å². The van der Waals surface area contributed by atoms with Crippen LogP contribution in [-0.4, -0.2) is 35.4 Å². The molecule has 0 aliphatic heterocycles. The first-order chi connectivity index (χ1) is 5.77. The van der Waals surface area contributed by atoms with Crippen molar-refractivity contribution in [1.29, 1.82) is 0 Å². The van der Waals surface area contributed by atoms with Crippen LogP contribution in [0.3, 0.4) is 0 Å². The summed E-state index contributed by atoms with van der Waals surface area (Å²) in [4.78, 5) is 10.4. The second kappa shape index (κ2) is 2.22. The van der Waals surface area contributed by atoms with Gasteiger partial charge in [-0.15, -0.1) is 10.2 Å². The molecule has 0 unspecified atom stereocenters. The van der Waals surface area contributed by atoms with Crippen molar-refractivity contribution in [3.63, 3.8) is 0 Å². The van der Waals surface area contributed by atoms with Crippen molar-refractivity contribution in [2.45, 2.75) is 0 Å². The molecule has 0 amide bonds. The third-order valence-electron chi connectivity index (χ3n) is 1.23. The van der Waals surface area contributed by atoms with Gasteiger partial charge in [-0.25, -0.2) is 4.98 Å². The second-order valence-corrected chi connectivity index (χ2v) is 1.98. The van der Waals surface area contributed by atoms with Gasteiger partial charge < -0.3 is 10.2 Å². The lowest BCUT2D eigenvalue weighted by Crippen LogP contribution is -1.92. The Morgan fingerprint density at radius 1 is 1.17 bits per heavy atom. The SMILES string of the molecule is Oc1nc(O)c2ncnnc2n1. The summed E-state index contributed by atoms with van der Waals surface area (Å²) in [5.41, 5.74) is 0.172. The van der Waals surface area contributed by atoms with Crippen molar-refractivity contribution in [3.8, 4) is 11.9 Å². The predicted octanol–water partition coefficient (Wildman–Crippen LogP) is -0.774. The summed E-state index contributed by atoms with van der Waals surface area (Å²) < 4.78 is 0. The predicted molar refractivity (Wildman–Crippen MR) is 36.3 cm³/mol. The molecule has 0 fully saturated rings. The standard InChI is InChI=1S/C5H3N5O2/c11-4-2-3(8-5(12)9-4)10-7-1-6-2/h1H,(H2,8,9,10,11,12). The van der Waals surface area contributed by atoms with Gasteiger partial charge in [0.25, 0.3) is 0 Å². The smallest absolute Gasteiger partial charge is 0.319 e. The van der Waals surface area contributed by atoms with Crippen molar-refractivity contribution >= 4 is 11.2 Å². The molecule has 0 aliphatic rings. The Morgan fingerprint density at radius 2 is 2.00 bits per heavy atom. The maximum atomic E-state index is 9.11. The number of fused-ring (bicyclic) bond motifs is 1. The zero-order valence-electron chi connectivity index (χ0n) is 5.71. The van der Waals surface area contributed by atoms with Crippen LogP contribution in [-0.2, 0) is 0 Å². The summed E-state index contributed by atoms with van der Waals surface area (Å²) in [6, 6.07) is -0.553. The van der Waals surface area contributed by atoms with E-state index in [4.69, 9.17) is 10.2 Å². The van der Waals surface area contributed by atoms with E-state index in [0.29, 0.717) is 0 Å². The Hall–Kier alpha value is -2.05. The summed E-state index contributed by atoms with van der Waals surface area (Å²) in [6.45, 7) is 0. The maximum Gasteiger partial charge on any atom is 0.319 e. The summed E-state index contributed by atoms with van der Waals surface area (Å²) >= 11 is 0. The minimum atomic E-state index is -0.553. The van der Waals surface area contributed by atoms with Crippen LogP contribution in [0.5, 0.6) is 11.9 Å². The first-order valence-electron chi connectivity index (χ1n) is 3.01. The Bertz CT molecular complexity index is 431. The van der Waals surface area contributed by atoms with Gasteiger partial charge in [-0.2, -0.15) is 9.97 Å². The molecule has 2 aromatic heterocycles. The number of hydrogen-bond acceptors (Lipinski definition) is 7. The fraction of sp³-hybridized carbons (Fsp3) is 0. The summed E-state index contributed by atoms with van der Waals surface area (Å²) in [5.74, 6) is -0.410. The molecule has 7 heteroatoms. The molecule has 2 heterocycles. The Kier molecular flexibility index (Phi) is 1.23. The van der Waals surface area contributed by atoms with Crippen molar-refractivity contribution < 1.29 is 10.2 Å². The highest BCUT2D eigenvalue weighted by atomic mass is 16.3. The molecule has 2 rings (SSSR count). The van der Waals surface area contributed by atoms with Gasteiger partial charge in [0.2, 0.25) is 11.5 Å². The van der Waals surface area contributed by atoms with Crippen molar-refractivity contribution in [2.75, 3.05) is 0 Å². The lowest BCUT2D eigenvalue weighted by atomic mass is 10.5. The highest BCUT2D eigenvalue weighted by Gasteiger charge is 2.06. The van der Waals surface area contributed by atoms with Gasteiger partial charge in [0, 0.05) is 0 Å². The molecular weight excluding hydrogens is 162 g/mol. The van der Waals surface area contributed by atoms with Gasteiger partial charge in [-0.3, -0.25) is 0 Å². The molecule has 0 radical (unpaired) electrons. The van der Waals surface area contributed by atoms with Crippen LogP contribution in [0, 0.1) is 0 Å². The van der Waals surface area contributed by atoms with E-state index in [9.17, 15) is 0 Å². The molecule has 0 bridgehead atoms. The molecule has 7 nitrogen and oxygen atoms in total. The normalized spacial score (nSPS) is 10.3. The second-order valence-electron chi connectivity index (χ2n) is 1.98. The molecule has 0 atom stereocenters. The average molecular weight is 165 g/mol. The Balaban J connectivity index is 2.89. The van der Waals surface area contributed by atoms with Gasteiger partial charge in [0.1, 0.15) is 6.33 Å². The van der Waals surface area contributed by atoms with Crippen LogP contribution in [0.25, 0.3) is 11.2 Å². The molecule has 0 saturated carbocycles. The molecule has 2 N–H and O–H groups in total. The Morgan fingerprint density at radius 3 is 2.83 bits per heavy atom. The average Bonchev–Trinajstić information content (AvgIpc) is 2.04. The van der Waals surface area contributed by atoms with E-state index in [1.54, 1.807) is 0 Å². The minimum absolute atomic E-state index is 0.0579. The van der Waals surface area contributed by atoms with Crippen LogP contribution >= 0.6 is 0 Å². The third kappa shape index (κ3) is 0.875. The van der Waals surface area contributed by atoms with E-state index in [-0.39, 0.29) is 11.2 Å². The quantitative estimate of drug-likeness (QED) is 0.527. The number of nitrogens with zero attached hydrogens (tertiary/aromatic N) is 5. The third-order valence-corrected chi connectivity index (χ3v) is 1.23. The maximum absolute atomic E-state index is 9.11. The van der Waals surface area contributed by atoms with E-state index in [0.717, 1.165) is 6.33 Å². The molecule has 60 valence electrons. The molecule has 0 aromatic carbocycles. The fourth-order valence-corrected chi connectivity index (χ4v) is 0.770. The zero-order chi connectivity index (χ0) is 8.55. The lowest BCUT2D eigenvalue weighted by molar-refractivity contribution is 0.402. The van der Waals surface area contributed by atoms with Crippen LogP contribution in [0.1, 0.15) is 0 Å². The molecule has 2 aromatic rings. The fourth-order valence-electron chi connectivity index (χ4n) is 0.770. The topological polar surface area (TPSA) is 105 Å². The van der Waals surface area contributed by atoms with Gasteiger partial charge >= 0.3 is 6.01 Å². The summed E-state index contributed by atoms with van der Waals surface area (Å²) in [6.07, 6.45) is 1.16. The first-order valence-corrected chi connectivity index (χ1v) is 3.01. The molecule has 0 saturated heterocycles. The number of hydrogen-bond donors (Lipinski definition) is 2. The van der Waals surface area contributed by atoms with Gasteiger partial charge in [-0.1, -0.05) is 0 Å². The van der Waals surface area contributed by atoms with E-state index >= 15 is 0 Å². The molecule has 0 aliphatic carbocycles. The number of aromatic hydroxyl groups is 2. The van der Waals surface area contributed by atoms with E-state index in [1.807, 2.05) is 0 Å². The highest BCUT2D eigenvalue weighted by Crippen LogP contribution is 2.17. The van der Waals surface area contributed by atoms with Gasteiger partial charge in [0.05, 0.1) is 0 Å². The van der Waals surface area contributed by atoms with Crippen LogP contribution in [0.15, 0.2) is 6.33 Å². The van der Waals surface area contributed by atoms with Crippen LogP contribution < -0.4 is 0 Å². The van der Waals surface area contributed by atoms with Crippen LogP contribution in [0.2, 0.25) is 0 Å². The van der Waals surface area contributed by atoms with Crippen LogP contribution in [0.4, 0.5) is 0 Å². The van der Waals surface area contributed by atoms with E-state index < -0.39 is 11.9 Å². The van der Waals surface area contributed by atoms with Gasteiger partial charge in [-0.05, 0) is 0 Å². The first kappa shape index (κ1) is 6.65. The summed E-state index contributed by atoms with van der Waals surface area (Å²) in [5, 5.41) is 24.9. The molecule has 12 heavy (non-hydrogen) atoms. The van der Waals surface area contributed by atoms with Crippen molar-refractivity contribution in [2.24, 2.45) is 0 Å². The van der Waals surface area contributed by atoms with Crippen molar-refractivity contribution in [3.05, 3.63) is 6.33 Å². The van der Waals surface area contributed by atoms with E-state index in [2.05, 4.69) is 25.1 Å². The van der Waals surface area contributed by atoms with Gasteiger partial charge in [0.15, 0.2) is 5.52 Å². The lowest BCUT2D eigenvalue weighted by Gasteiger charge is -1.95. The number of rotatable bonds is 0. The summed E-state index contributed by atoms with van der Waals surface area (Å²) in [7, 11) is 0. The molecular formula is C5H3N5O2. The monoisotopic (exact) mass is 165 g/mol.